The second kappa shape index (κ2) is 4.95. The molecule has 0 bridgehead atoms. The van der Waals surface area contributed by atoms with Crippen LogP contribution in [-0.2, 0) is 10.2 Å². The third kappa shape index (κ3) is 3.97. The molecular weight excluding hydrogens is 120 g/mol. The molecule has 0 N–H and O–H groups in total. The van der Waals surface area contributed by atoms with E-state index in [0.717, 1.165) is 18.6 Å². The molecule has 0 spiro atoms. The van der Waals surface area contributed by atoms with E-state index in [-0.39, 0.29) is 0 Å². The minimum Gasteiger partial charge on any atom is -0.222 e. The Morgan fingerprint density at radius 1 is 1.50 bits per heavy atom. The van der Waals surface area contributed by atoms with Gasteiger partial charge in [0.05, 0.1) is 0 Å². The zero-order chi connectivity index (χ0) is 6.41. The maximum atomic E-state index is 10.6. The monoisotopic (exact) mass is 132 g/mol. The van der Waals surface area contributed by atoms with E-state index in [9.17, 15) is 4.21 Å². The van der Waals surface area contributed by atoms with Crippen LogP contribution >= 0.6 is 0 Å². The van der Waals surface area contributed by atoms with Crippen LogP contribution in [0.2, 0.25) is 0 Å². The summed E-state index contributed by atoms with van der Waals surface area (Å²) >= 11 is 0. The Balaban J connectivity index is 3.62. The summed E-state index contributed by atoms with van der Waals surface area (Å²) in [7, 11) is -0.770. The second-order valence-corrected chi connectivity index (χ2v) is 2.94. The van der Waals surface area contributed by atoms with Gasteiger partial charge in [-0.3, -0.25) is 0 Å². The van der Waals surface area contributed by atoms with Gasteiger partial charge in [-0.25, -0.2) is 4.21 Å². The van der Waals surface area contributed by atoms with E-state index in [0.29, 0.717) is 0 Å². The molecule has 0 rings (SSSR count). The summed E-state index contributed by atoms with van der Waals surface area (Å²) in [6, 6.07) is 0. The Morgan fingerprint density at radius 3 is 2.50 bits per heavy atom. The summed E-state index contributed by atoms with van der Waals surface area (Å²) in [5, 5.41) is 2.82. The zero-order valence-electron chi connectivity index (χ0n) is 5.44. The van der Waals surface area contributed by atoms with Gasteiger partial charge >= 0.3 is 0 Å². The van der Waals surface area contributed by atoms with Crippen molar-refractivity contribution in [3.05, 3.63) is 0 Å². The van der Waals surface area contributed by atoms with E-state index in [4.69, 9.17) is 0 Å². The van der Waals surface area contributed by atoms with Crippen molar-refractivity contribution in [3.8, 4) is 5.18 Å². The SMILES string of the molecule is CCC#S(=O)CCC. The van der Waals surface area contributed by atoms with Crippen molar-refractivity contribution >= 4 is 10.2 Å². The van der Waals surface area contributed by atoms with Gasteiger partial charge in [0.2, 0.25) is 0 Å². The van der Waals surface area contributed by atoms with Crippen LogP contribution in [0.5, 0.6) is 0 Å². The largest absolute Gasteiger partial charge is 0.222 e. The van der Waals surface area contributed by atoms with E-state index in [1.807, 2.05) is 13.8 Å². The molecule has 0 aromatic heterocycles. The van der Waals surface area contributed by atoms with Gasteiger partial charge in [0.1, 0.15) is 0 Å². The topological polar surface area (TPSA) is 17.1 Å². The third-order valence-corrected chi connectivity index (χ3v) is 2.08. The van der Waals surface area contributed by atoms with Gasteiger partial charge in [0, 0.05) is 22.4 Å². The van der Waals surface area contributed by atoms with Crippen molar-refractivity contribution in [2.24, 2.45) is 0 Å². The lowest BCUT2D eigenvalue weighted by atomic mass is 10.6. The molecule has 0 radical (unpaired) electrons. The van der Waals surface area contributed by atoms with Gasteiger partial charge in [0.25, 0.3) is 0 Å². The quantitative estimate of drug-likeness (QED) is 0.528. The molecule has 0 saturated carbocycles. The highest BCUT2D eigenvalue weighted by Crippen LogP contribution is 1.76. The molecule has 0 aliphatic heterocycles. The van der Waals surface area contributed by atoms with Gasteiger partial charge in [-0.15, -0.1) is 0 Å². The zero-order valence-corrected chi connectivity index (χ0v) is 6.25. The van der Waals surface area contributed by atoms with E-state index in [1.54, 1.807) is 0 Å². The molecule has 0 fully saturated rings. The van der Waals surface area contributed by atoms with Crippen molar-refractivity contribution in [1.29, 1.82) is 0 Å². The first-order chi connectivity index (χ1) is 3.81. The van der Waals surface area contributed by atoms with Crippen LogP contribution in [0.25, 0.3) is 0 Å². The van der Waals surface area contributed by atoms with E-state index >= 15 is 0 Å². The molecule has 2 heteroatoms. The first kappa shape index (κ1) is 7.80. The van der Waals surface area contributed by atoms with Crippen molar-refractivity contribution in [1.82, 2.24) is 0 Å². The summed E-state index contributed by atoms with van der Waals surface area (Å²) in [6.07, 6.45) is 1.78. The third-order valence-electron chi connectivity index (χ3n) is 0.695. The van der Waals surface area contributed by atoms with Crippen molar-refractivity contribution in [2.75, 3.05) is 5.75 Å². The minimum atomic E-state index is -0.770. The average molecular weight is 132 g/mol. The van der Waals surface area contributed by atoms with Gasteiger partial charge < -0.3 is 0 Å². The van der Waals surface area contributed by atoms with Gasteiger partial charge in [-0.2, -0.15) is 0 Å². The predicted molar refractivity (Wildman–Crippen MR) is 37.5 cm³/mol. The van der Waals surface area contributed by atoms with Crippen LogP contribution in [0.1, 0.15) is 26.7 Å². The maximum absolute atomic E-state index is 10.6. The van der Waals surface area contributed by atoms with Gasteiger partial charge in [-0.1, -0.05) is 19.0 Å². The fraction of sp³-hybridized carbons (Fsp3) is 0.833. The number of rotatable bonds is 1. The van der Waals surface area contributed by atoms with Crippen LogP contribution in [0.3, 0.4) is 0 Å². The van der Waals surface area contributed by atoms with E-state index in [1.165, 1.54) is 0 Å². The highest BCUT2D eigenvalue weighted by molar-refractivity contribution is 7.74. The fourth-order valence-corrected chi connectivity index (χ4v) is 1.26. The first-order valence-electron chi connectivity index (χ1n) is 2.93. The normalized spacial score (nSPS) is 8.25. The lowest BCUT2D eigenvalue weighted by Gasteiger charge is -1.76. The highest BCUT2D eigenvalue weighted by atomic mass is 32.2. The minimum absolute atomic E-state index is 0.770. The predicted octanol–water partition coefficient (Wildman–Crippen LogP) is 1.51. The molecule has 0 amide bonds. The lowest BCUT2D eigenvalue weighted by molar-refractivity contribution is 0.691. The average Bonchev–Trinajstić information content (AvgIpc) is 1.68. The van der Waals surface area contributed by atoms with Crippen LogP contribution in [0, 0.1) is 5.18 Å². The Morgan fingerprint density at radius 2 is 2.12 bits per heavy atom. The Bertz CT molecular complexity index is 161. The molecule has 0 atom stereocenters. The second-order valence-electron chi connectivity index (χ2n) is 1.55. The summed E-state index contributed by atoms with van der Waals surface area (Å²) in [4.78, 5) is 0. The summed E-state index contributed by atoms with van der Waals surface area (Å²) in [5.41, 5.74) is 0. The van der Waals surface area contributed by atoms with Crippen molar-refractivity contribution < 1.29 is 4.21 Å². The maximum Gasteiger partial charge on any atom is 0.0443 e. The fourth-order valence-electron chi connectivity index (χ4n) is 0.419. The van der Waals surface area contributed by atoms with E-state index < -0.39 is 10.2 Å². The smallest absolute Gasteiger partial charge is 0.0443 e. The molecule has 0 heterocycles. The van der Waals surface area contributed by atoms with Crippen LogP contribution in [0.4, 0.5) is 0 Å². The number of hydrogen-bond acceptors (Lipinski definition) is 1. The molecule has 1 nitrogen and oxygen atoms in total. The van der Waals surface area contributed by atoms with Crippen molar-refractivity contribution in [2.45, 2.75) is 26.7 Å². The molecule has 0 aliphatic rings. The molecule has 8 heavy (non-hydrogen) atoms. The lowest BCUT2D eigenvalue weighted by Crippen LogP contribution is -1.79. The standard InChI is InChI=1S/C6H12OS/c1-3-5-8(7)6-4-2/h3-5H2,1-2H3. The van der Waals surface area contributed by atoms with Crippen LogP contribution < -0.4 is 0 Å². The Hall–Kier alpha value is -0.200. The Labute approximate surface area is 52.8 Å². The highest BCUT2D eigenvalue weighted by Gasteiger charge is 1.75. The molecule has 0 aliphatic carbocycles. The Kier molecular flexibility index (Phi) is 4.82. The molecule has 0 aromatic carbocycles. The van der Waals surface area contributed by atoms with E-state index in [2.05, 4.69) is 5.18 Å². The molecular formula is C6H12OS. The molecule has 0 aromatic rings. The first-order valence-corrected chi connectivity index (χ1v) is 4.25. The summed E-state index contributed by atoms with van der Waals surface area (Å²) < 4.78 is 10.6. The number of hydrogen-bond donors (Lipinski definition) is 0. The molecule has 0 saturated heterocycles. The van der Waals surface area contributed by atoms with Gasteiger partial charge in [0.15, 0.2) is 0 Å². The van der Waals surface area contributed by atoms with Crippen molar-refractivity contribution in [3.63, 3.8) is 0 Å². The molecule has 48 valence electrons. The van der Waals surface area contributed by atoms with Gasteiger partial charge in [-0.05, 0) is 6.42 Å². The summed E-state index contributed by atoms with van der Waals surface area (Å²) in [6.45, 7) is 3.98. The van der Waals surface area contributed by atoms with Crippen LogP contribution in [-0.4, -0.2) is 9.96 Å². The van der Waals surface area contributed by atoms with Crippen LogP contribution in [0.15, 0.2) is 0 Å². The molecule has 0 unspecified atom stereocenters. The summed E-state index contributed by atoms with van der Waals surface area (Å²) in [5.74, 6) is 0.772.